The second-order valence-corrected chi connectivity index (χ2v) is 11.9. The summed E-state index contributed by atoms with van der Waals surface area (Å²) in [5.74, 6) is 1.62. The highest BCUT2D eigenvalue weighted by Crippen LogP contribution is 2.41. The summed E-state index contributed by atoms with van der Waals surface area (Å²) in [6, 6.07) is 10.4. The van der Waals surface area contributed by atoms with Gasteiger partial charge in [0.05, 0.1) is 50.8 Å². The molecule has 0 atom stereocenters. The maximum atomic E-state index is 13.0. The zero-order valence-electron chi connectivity index (χ0n) is 22.3. The molecule has 5 rings (SSSR count). The Morgan fingerprint density at radius 2 is 1.56 bits per heavy atom. The van der Waals surface area contributed by atoms with Gasteiger partial charge in [-0.1, -0.05) is 0 Å². The largest absolute Gasteiger partial charge is 0.493 e. The predicted molar refractivity (Wildman–Crippen MR) is 150 cm³/mol. The topological polar surface area (TPSA) is 104 Å². The van der Waals surface area contributed by atoms with E-state index in [9.17, 15) is 8.42 Å². The molecule has 0 N–H and O–H groups in total. The number of aromatic nitrogens is 1. The van der Waals surface area contributed by atoms with Crippen LogP contribution >= 0.6 is 11.3 Å². The van der Waals surface area contributed by atoms with Crippen molar-refractivity contribution in [3.63, 3.8) is 0 Å². The van der Waals surface area contributed by atoms with E-state index in [0.717, 1.165) is 42.7 Å². The average Bonchev–Trinajstić information content (AvgIpc) is 3.63. The van der Waals surface area contributed by atoms with Gasteiger partial charge in [-0.25, -0.2) is 18.1 Å². The molecule has 2 aliphatic rings. The lowest BCUT2D eigenvalue weighted by Gasteiger charge is -2.26. The van der Waals surface area contributed by atoms with Gasteiger partial charge in [0.25, 0.3) is 0 Å². The van der Waals surface area contributed by atoms with Crippen molar-refractivity contribution >= 4 is 32.8 Å². The number of morpholine rings is 1. The predicted octanol–water partition coefficient (Wildman–Crippen LogP) is 4.27. The van der Waals surface area contributed by atoms with Gasteiger partial charge >= 0.3 is 0 Å². The van der Waals surface area contributed by atoms with Crippen molar-refractivity contribution in [2.24, 2.45) is 10.1 Å². The minimum Gasteiger partial charge on any atom is -0.493 e. The van der Waals surface area contributed by atoms with Crippen LogP contribution in [0.2, 0.25) is 0 Å². The number of nitrogens with zero attached hydrogens (tertiary/aromatic N) is 4. The van der Waals surface area contributed by atoms with E-state index in [1.807, 2.05) is 22.2 Å². The van der Waals surface area contributed by atoms with E-state index in [-0.39, 0.29) is 4.90 Å². The van der Waals surface area contributed by atoms with Crippen molar-refractivity contribution in [2.45, 2.75) is 30.6 Å². The Bertz CT molecular complexity index is 1490. The summed E-state index contributed by atoms with van der Waals surface area (Å²) in [5, 5.41) is 6.98. The van der Waals surface area contributed by atoms with Crippen LogP contribution in [0, 0.1) is 0 Å². The summed E-state index contributed by atoms with van der Waals surface area (Å²) >= 11 is 1.45. The first-order valence-corrected chi connectivity index (χ1v) is 15.1. The monoisotopic (exact) mass is 572 g/mol. The van der Waals surface area contributed by atoms with Crippen LogP contribution in [0.3, 0.4) is 0 Å². The number of hydrogen-bond acceptors (Lipinski definition) is 9. The molecule has 0 unspecified atom stereocenters. The van der Waals surface area contributed by atoms with E-state index in [1.165, 1.54) is 15.6 Å². The normalized spacial score (nSPS) is 16.9. The molecule has 0 amide bonds. The lowest BCUT2D eigenvalue weighted by Crippen LogP contribution is -2.40. The fourth-order valence-electron chi connectivity index (χ4n) is 4.66. The summed E-state index contributed by atoms with van der Waals surface area (Å²) in [4.78, 5) is 5.75. The van der Waals surface area contributed by atoms with E-state index in [1.54, 1.807) is 45.6 Å². The second kappa shape index (κ2) is 11.9. The molecule has 39 heavy (non-hydrogen) atoms. The number of benzene rings is 2. The quantitative estimate of drug-likeness (QED) is 0.399. The number of methoxy groups -OCH3 is 3. The van der Waals surface area contributed by atoms with Gasteiger partial charge in [-0.15, -0.1) is 11.3 Å². The summed E-state index contributed by atoms with van der Waals surface area (Å²) in [5.41, 5.74) is 3.44. The molecule has 1 saturated carbocycles. The lowest BCUT2D eigenvalue weighted by atomic mass is 10.1. The molecule has 0 spiro atoms. The molecular weight excluding hydrogens is 540 g/mol. The van der Waals surface area contributed by atoms with E-state index < -0.39 is 10.0 Å². The molecule has 1 saturated heterocycles. The Labute approximate surface area is 232 Å². The van der Waals surface area contributed by atoms with Crippen molar-refractivity contribution in [3.05, 3.63) is 46.6 Å². The smallest absolute Gasteiger partial charge is 0.243 e. The first-order chi connectivity index (χ1) is 18.9. The Morgan fingerprint density at radius 3 is 2.15 bits per heavy atom. The first-order valence-electron chi connectivity index (χ1n) is 12.7. The molecular formula is C27H32N4O6S2. The van der Waals surface area contributed by atoms with Gasteiger partial charge in [0.2, 0.25) is 20.6 Å². The van der Waals surface area contributed by atoms with Crippen LogP contribution in [0.15, 0.2) is 56.8 Å². The number of ether oxygens (including phenoxy) is 4. The molecule has 2 fully saturated rings. The van der Waals surface area contributed by atoms with Gasteiger partial charge in [-0.2, -0.15) is 9.41 Å². The van der Waals surface area contributed by atoms with Gasteiger partial charge in [0, 0.05) is 29.7 Å². The van der Waals surface area contributed by atoms with Gasteiger partial charge in [-0.05, 0) is 62.1 Å². The van der Waals surface area contributed by atoms with Crippen molar-refractivity contribution < 1.29 is 27.4 Å². The van der Waals surface area contributed by atoms with Crippen molar-refractivity contribution in [1.82, 2.24) is 8.98 Å². The minimum absolute atomic E-state index is 0.242. The van der Waals surface area contributed by atoms with Crippen LogP contribution in [-0.2, 0) is 14.8 Å². The molecule has 12 heteroatoms. The van der Waals surface area contributed by atoms with Crippen molar-refractivity contribution in [3.8, 4) is 28.5 Å². The zero-order valence-corrected chi connectivity index (χ0v) is 23.9. The second-order valence-electron chi connectivity index (χ2n) is 9.12. The summed E-state index contributed by atoms with van der Waals surface area (Å²) in [7, 11) is 1.18. The Morgan fingerprint density at radius 1 is 0.923 bits per heavy atom. The number of thiazole rings is 1. The summed E-state index contributed by atoms with van der Waals surface area (Å²) in [6.07, 6.45) is 4.14. The maximum Gasteiger partial charge on any atom is 0.243 e. The molecule has 2 aromatic carbocycles. The van der Waals surface area contributed by atoms with Crippen LogP contribution in [0.1, 0.15) is 25.7 Å². The molecule has 3 aromatic rings. The SMILES string of the molecule is COc1cc(-c2csc(=Nc3ccc(S(=O)(=O)N4CCOCC4)cc3)n2N=C2CCCC2)cc(OC)c1OC. The summed E-state index contributed by atoms with van der Waals surface area (Å²) in [6.45, 7) is 1.52. The van der Waals surface area contributed by atoms with Gasteiger partial charge in [-0.3, -0.25) is 0 Å². The number of rotatable bonds is 8. The van der Waals surface area contributed by atoms with Crippen LogP contribution < -0.4 is 19.0 Å². The maximum absolute atomic E-state index is 13.0. The lowest BCUT2D eigenvalue weighted by molar-refractivity contribution is 0.0730. The third kappa shape index (κ3) is 5.74. The van der Waals surface area contributed by atoms with Crippen molar-refractivity contribution in [1.29, 1.82) is 0 Å². The fraction of sp³-hybridized carbons (Fsp3) is 0.407. The summed E-state index contributed by atoms with van der Waals surface area (Å²) < 4.78 is 51.2. The Hall–Kier alpha value is -3.19. The van der Waals surface area contributed by atoms with Gasteiger partial charge in [0.15, 0.2) is 11.5 Å². The number of hydrogen-bond donors (Lipinski definition) is 0. The van der Waals surface area contributed by atoms with Crippen LogP contribution in [0.5, 0.6) is 17.2 Å². The molecule has 1 aliphatic carbocycles. The molecule has 0 radical (unpaired) electrons. The van der Waals surface area contributed by atoms with Crippen molar-refractivity contribution in [2.75, 3.05) is 47.6 Å². The van der Waals surface area contributed by atoms with Crippen LogP contribution in [0.4, 0.5) is 5.69 Å². The standard InChI is InChI=1S/C27H32N4O6S2/c1-34-24-16-19(17-25(35-2)26(24)36-3)23-18-38-27(31(23)29-21-6-4-5-7-21)28-20-8-10-22(11-9-20)39(32,33)30-12-14-37-15-13-30/h8-11,16-18H,4-7,12-15H2,1-3H3. The Balaban J connectivity index is 1.56. The fourth-order valence-corrected chi connectivity index (χ4v) is 6.92. The minimum atomic E-state index is -3.57. The van der Waals surface area contributed by atoms with Gasteiger partial charge in [0.1, 0.15) is 0 Å². The van der Waals surface area contributed by atoms with E-state index in [0.29, 0.717) is 54.0 Å². The molecule has 0 bridgehead atoms. The average molecular weight is 573 g/mol. The van der Waals surface area contributed by atoms with E-state index >= 15 is 0 Å². The van der Waals surface area contributed by atoms with E-state index in [4.69, 9.17) is 29.0 Å². The van der Waals surface area contributed by atoms with E-state index in [2.05, 4.69) is 0 Å². The molecule has 208 valence electrons. The molecule has 2 heterocycles. The molecule has 1 aromatic heterocycles. The molecule has 10 nitrogen and oxygen atoms in total. The highest BCUT2D eigenvalue weighted by atomic mass is 32.2. The molecule has 1 aliphatic heterocycles. The van der Waals surface area contributed by atoms with Crippen LogP contribution in [0.25, 0.3) is 11.3 Å². The highest BCUT2D eigenvalue weighted by molar-refractivity contribution is 7.89. The van der Waals surface area contributed by atoms with Gasteiger partial charge < -0.3 is 18.9 Å². The number of sulfonamides is 1. The Kier molecular flexibility index (Phi) is 8.36. The van der Waals surface area contributed by atoms with Crippen LogP contribution in [-0.4, -0.2) is 70.7 Å². The third-order valence-electron chi connectivity index (χ3n) is 6.74. The third-order valence-corrected chi connectivity index (χ3v) is 9.47. The highest BCUT2D eigenvalue weighted by Gasteiger charge is 2.26. The zero-order chi connectivity index (χ0) is 27.4. The first kappa shape index (κ1) is 27.4.